The van der Waals surface area contributed by atoms with Crippen LogP contribution < -0.4 is 5.32 Å². The van der Waals surface area contributed by atoms with Crippen LogP contribution in [0.5, 0.6) is 0 Å². The molecule has 90 valence electrons. The van der Waals surface area contributed by atoms with Crippen LogP contribution in [0.2, 0.25) is 0 Å². The maximum absolute atomic E-state index is 11.8. The van der Waals surface area contributed by atoms with Gasteiger partial charge in [-0.1, -0.05) is 0 Å². The highest BCUT2D eigenvalue weighted by Crippen LogP contribution is 2.32. The average Bonchev–Trinajstić information content (AvgIpc) is 3.07. The van der Waals surface area contributed by atoms with Crippen LogP contribution >= 0.6 is 0 Å². The van der Waals surface area contributed by atoms with Crippen LogP contribution in [0.4, 0.5) is 0 Å². The topological polar surface area (TPSA) is 35.6 Å². The number of nitrogens with zero attached hydrogens (tertiary/aromatic N) is 2. The maximum atomic E-state index is 11.8. The lowest BCUT2D eigenvalue weighted by molar-refractivity contribution is -0.139. The van der Waals surface area contributed by atoms with Crippen molar-refractivity contribution in [1.82, 2.24) is 15.3 Å². The van der Waals surface area contributed by atoms with E-state index in [9.17, 15) is 4.79 Å². The summed E-state index contributed by atoms with van der Waals surface area (Å²) < 4.78 is 0. The Labute approximate surface area is 96.9 Å². The summed E-state index contributed by atoms with van der Waals surface area (Å²) in [5.74, 6) is 1.09. The third-order valence-corrected chi connectivity index (χ3v) is 3.90. The Bertz CT molecular complexity index is 271. The van der Waals surface area contributed by atoms with Gasteiger partial charge >= 0.3 is 0 Å². The molecule has 3 fully saturated rings. The summed E-state index contributed by atoms with van der Waals surface area (Å²) in [6, 6.07) is 0.548. The van der Waals surface area contributed by atoms with Crippen LogP contribution in [0.25, 0.3) is 0 Å². The van der Waals surface area contributed by atoms with E-state index in [0.717, 1.165) is 32.0 Å². The smallest absolute Gasteiger partial charge is 0.238 e. The molecule has 4 nitrogen and oxygen atoms in total. The van der Waals surface area contributed by atoms with Gasteiger partial charge in [-0.3, -0.25) is 9.80 Å². The Morgan fingerprint density at radius 3 is 2.88 bits per heavy atom. The monoisotopic (exact) mass is 223 g/mol. The van der Waals surface area contributed by atoms with Crippen LogP contribution in [0, 0.1) is 5.92 Å². The molecule has 0 radical (unpaired) electrons. The number of nitrogens with one attached hydrogen (secondary N) is 1. The number of carbonyl (C=O) groups is 1. The molecule has 1 saturated carbocycles. The molecule has 1 N–H and O–H groups in total. The van der Waals surface area contributed by atoms with Gasteiger partial charge in [0.05, 0.1) is 0 Å². The summed E-state index contributed by atoms with van der Waals surface area (Å²) in [5, 5.41) is 7.83. The van der Waals surface area contributed by atoms with Crippen molar-refractivity contribution in [3.63, 3.8) is 0 Å². The molecule has 0 spiro atoms. The molecule has 0 aromatic heterocycles. The molecule has 1 aliphatic carbocycles. The number of rotatable bonds is 3. The minimum Gasteiger partial charge on any atom is -0.316 e. The second-order valence-electron chi connectivity index (χ2n) is 5.34. The third kappa shape index (κ3) is 2.09. The zero-order chi connectivity index (χ0) is 11.0. The zero-order valence-electron chi connectivity index (χ0n) is 9.82. The Kier molecular flexibility index (Phi) is 2.86. The molecule has 0 aromatic rings. The fraction of sp³-hybridized carbons (Fsp3) is 0.917. The predicted molar refractivity (Wildman–Crippen MR) is 61.7 cm³/mol. The zero-order valence-corrected chi connectivity index (χ0v) is 9.82. The average molecular weight is 223 g/mol. The van der Waals surface area contributed by atoms with E-state index < -0.39 is 0 Å². The summed E-state index contributed by atoms with van der Waals surface area (Å²) >= 11 is 0. The van der Waals surface area contributed by atoms with Crippen LogP contribution in [0.1, 0.15) is 32.1 Å². The van der Waals surface area contributed by atoms with Crippen molar-refractivity contribution in [2.45, 2.75) is 38.1 Å². The number of carbonyl (C=O) groups excluding carboxylic acids is 1. The lowest BCUT2D eigenvalue weighted by Crippen LogP contribution is -2.45. The lowest BCUT2D eigenvalue weighted by Gasteiger charge is -2.33. The first-order valence-corrected chi connectivity index (χ1v) is 6.62. The largest absolute Gasteiger partial charge is 0.316 e. The first-order valence-electron chi connectivity index (χ1n) is 6.62. The molecule has 4 heteroatoms. The molecule has 2 aliphatic heterocycles. The first-order chi connectivity index (χ1) is 7.84. The van der Waals surface area contributed by atoms with Gasteiger partial charge in [-0.15, -0.1) is 0 Å². The van der Waals surface area contributed by atoms with Gasteiger partial charge < -0.3 is 5.32 Å². The van der Waals surface area contributed by atoms with E-state index in [1.165, 1.54) is 32.2 Å². The number of hydrazine groups is 1. The van der Waals surface area contributed by atoms with Gasteiger partial charge in [0.15, 0.2) is 0 Å². The molecule has 1 amide bonds. The molecule has 3 aliphatic rings. The molecule has 1 unspecified atom stereocenters. The van der Waals surface area contributed by atoms with Gasteiger partial charge in [-0.25, -0.2) is 5.01 Å². The van der Waals surface area contributed by atoms with Crippen LogP contribution in [0.15, 0.2) is 0 Å². The van der Waals surface area contributed by atoms with Gasteiger partial charge in [0.25, 0.3) is 0 Å². The van der Waals surface area contributed by atoms with Gasteiger partial charge in [0, 0.05) is 25.6 Å². The second-order valence-corrected chi connectivity index (χ2v) is 5.34. The Balaban J connectivity index is 1.58. The summed E-state index contributed by atoms with van der Waals surface area (Å²) in [6.07, 6.45) is 5.76. The van der Waals surface area contributed by atoms with Crippen molar-refractivity contribution >= 4 is 5.91 Å². The van der Waals surface area contributed by atoms with Gasteiger partial charge in [0.2, 0.25) is 5.91 Å². The molecule has 2 heterocycles. The second kappa shape index (κ2) is 4.34. The van der Waals surface area contributed by atoms with Crippen molar-refractivity contribution in [2.24, 2.45) is 5.92 Å². The first kappa shape index (κ1) is 10.5. The molecule has 3 rings (SSSR count). The normalized spacial score (nSPS) is 32.4. The third-order valence-electron chi connectivity index (χ3n) is 3.90. The Morgan fingerprint density at radius 1 is 1.31 bits per heavy atom. The van der Waals surface area contributed by atoms with E-state index >= 15 is 0 Å². The minimum atomic E-state index is 0.353. The summed E-state index contributed by atoms with van der Waals surface area (Å²) in [6.45, 7) is 4.33. The van der Waals surface area contributed by atoms with E-state index in [0.29, 0.717) is 11.9 Å². The molecule has 0 bridgehead atoms. The molecule has 2 saturated heterocycles. The van der Waals surface area contributed by atoms with Gasteiger partial charge in [0.1, 0.15) is 0 Å². The number of hydrogen-bond donors (Lipinski definition) is 1. The highest BCUT2D eigenvalue weighted by molar-refractivity contribution is 5.78. The van der Waals surface area contributed by atoms with E-state index in [2.05, 4.69) is 15.3 Å². The lowest BCUT2D eigenvalue weighted by atomic mass is 9.99. The minimum absolute atomic E-state index is 0.353. The van der Waals surface area contributed by atoms with E-state index in [1.54, 1.807) is 0 Å². The van der Waals surface area contributed by atoms with Crippen LogP contribution in [-0.2, 0) is 4.79 Å². The summed E-state index contributed by atoms with van der Waals surface area (Å²) in [5.41, 5.74) is 0. The predicted octanol–water partition coefficient (Wildman–Crippen LogP) is 0.598. The van der Waals surface area contributed by atoms with Gasteiger partial charge in [-0.05, 0) is 44.7 Å². The molecular weight excluding hydrogens is 202 g/mol. The van der Waals surface area contributed by atoms with Crippen LogP contribution in [0.3, 0.4) is 0 Å². The summed E-state index contributed by atoms with van der Waals surface area (Å²) in [7, 11) is 0. The van der Waals surface area contributed by atoms with Gasteiger partial charge in [-0.2, -0.15) is 0 Å². The molecule has 0 aromatic carbocycles. The number of hydrogen-bond acceptors (Lipinski definition) is 3. The maximum Gasteiger partial charge on any atom is 0.238 e. The van der Waals surface area contributed by atoms with Crippen molar-refractivity contribution in [2.75, 3.05) is 26.2 Å². The molecule has 1 atom stereocenters. The van der Waals surface area contributed by atoms with Crippen LogP contribution in [-0.4, -0.2) is 48.1 Å². The van der Waals surface area contributed by atoms with E-state index in [1.807, 2.05) is 0 Å². The fourth-order valence-corrected chi connectivity index (χ4v) is 2.92. The van der Waals surface area contributed by atoms with Crippen molar-refractivity contribution in [3.05, 3.63) is 0 Å². The highest BCUT2D eigenvalue weighted by atomic mass is 16.2. The fourth-order valence-electron chi connectivity index (χ4n) is 2.92. The SMILES string of the molecule is O=C1CCN(CC2CCCNC2)N1C1CC1. The Morgan fingerprint density at radius 2 is 2.19 bits per heavy atom. The quantitative estimate of drug-likeness (QED) is 0.761. The number of piperidine rings is 1. The van der Waals surface area contributed by atoms with E-state index in [-0.39, 0.29) is 0 Å². The summed E-state index contributed by atoms with van der Waals surface area (Å²) in [4.78, 5) is 11.8. The molecular formula is C12H21N3O. The standard InChI is InChI=1S/C12H21N3O/c16-12-5-7-14(15(12)11-3-4-11)9-10-2-1-6-13-8-10/h10-11,13H,1-9H2. The van der Waals surface area contributed by atoms with Crippen molar-refractivity contribution < 1.29 is 4.79 Å². The van der Waals surface area contributed by atoms with Crippen molar-refractivity contribution in [1.29, 1.82) is 0 Å². The number of amides is 1. The molecule has 16 heavy (non-hydrogen) atoms. The highest BCUT2D eigenvalue weighted by Gasteiger charge is 2.40. The Hall–Kier alpha value is -0.610. The van der Waals surface area contributed by atoms with E-state index in [4.69, 9.17) is 0 Å². The van der Waals surface area contributed by atoms with Crippen molar-refractivity contribution in [3.8, 4) is 0 Å².